The fraction of sp³-hybridized carbons (Fsp3) is 0.600. The number of thioether (sulfide) groups is 1. The van der Waals surface area contributed by atoms with Crippen LogP contribution in [0.3, 0.4) is 0 Å². The molecule has 0 aromatic carbocycles. The highest BCUT2D eigenvalue weighted by atomic mass is 32.2. The number of nitrogens with zero attached hydrogens (tertiary/aromatic N) is 1. The summed E-state index contributed by atoms with van der Waals surface area (Å²) < 4.78 is 0. The Kier molecular flexibility index (Phi) is 3.84. The van der Waals surface area contributed by atoms with Crippen molar-refractivity contribution in [2.75, 3.05) is 18.1 Å². The van der Waals surface area contributed by atoms with Crippen molar-refractivity contribution in [2.45, 2.75) is 19.5 Å². The van der Waals surface area contributed by atoms with Crippen LogP contribution in [0.1, 0.15) is 11.3 Å². The van der Waals surface area contributed by atoms with E-state index in [4.69, 9.17) is 0 Å². The lowest BCUT2D eigenvalue weighted by atomic mass is 10.2. The van der Waals surface area contributed by atoms with Gasteiger partial charge in [0.1, 0.15) is 0 Å². The number of nitrogens with one attached hydrogen (secondary N) is 3. The van der Waals surface area contributed by atoms with Gasteiger partial charge in [0.05, 0.1) is 12.2 Å². The van der Waals surface area contributed by atoms with E-state index >= 15 is 0 Å². The van der Waals surface area contributed by atoms with Gasteiger partial charge >= 0.3 is 0 Å². The lowest BCUT2D eigenvalue weighted by molar-refractivity contribution is -0.122. The molecule has 6 heteroatoms. The third-order valence-corrected chi connectivity index (χ3v) is 3.69. The Hall–Kier alpha value is -1.01. The molecule has 0 saturated carbocycles. The topological polar surface area (TPSA) is 69.8 Å². The predicted octanol–water partition coefficient (Wildman–Crippen LogP) is 0.0393. The summed E-state index contributed by atoms with van der Waals surface area (Å²) in [6.45, 7) is 3.40. The molecule has 1 aromatic heterocycles. The van der Waals surface area contributed by atoms with E-state index < -0.39 is 0 Å². The molecule has 1 unspecified atom stereocenters. The number of aromatic amines is 1. The molecule has 1 aliphatic rings. The number of rotatable bonds is 3. The third kappa shape index (κ3) is 2.76. The maximum Gasteiger partial charge on any atom is 0.238 e. The van der Waals surface area contributed by atoms with Gasteiger partial charge in [0, 0.05) is 35.9 Å². The predicted molar refractivity (Wildman–Crippen MR) is 64.3 cm³/mol. The van der Waals surface area contributed by atoms with Gasteiger partial charge < -0.3 is 10.6 Å². The van der Waals surface area contributed by atoms with Gasteiger partial charge in [0.25, 0.3) is 0 Å². The van der Waals surface area contributed by atoms with Crippen molar-refractivity contribution >= 4 is 17.7 Å². The van der Waals surface area contributed by atoms with Crippen LogP contribution in [0.4, 0.5) is 0 Å². The molecule has 2 rings (SSSR count). The second-order valence-corrected chi connectivity index (χ2v) is 4.97. The van der Waals surface area contributed by atoms with Crippen LogP contribution in [0.25, 0.3) is 0 Å². The summed E-state index contributed by atoms with van der Waals surface area (Å²) >= 11 is 1.82. The summed E-state index contributed by atoms with van der Waals surface area (Å²) in [5.41, 5.74) is 2.04. The minimum atomic E-state index is -0.0500. The van der Waals surface area contributed by atoms with E-state index in [-0.39, 0.29) is 11.9 Å². The summed E-state index contributed by atoms with van der Waals surface area (Å²) in [5.74, 6) is 2.02. The second-order valence-electron chi connectivity index (χ2n) is 3.82. The summed E-state index contributed by atoms with van der Waals surface area (Å²) in [6, 6.07) is -0.0500. The number of aromatic nitrogens is 2. The highest BCUT2D eigenvalue weighted by Crippen LogP contribution is 2.08. The molecule has 88 valence electrons. The van der Waals surface area contributed by atoms with Gasteiger partial charge in [-0.1, -0.05) is 0 Å². The number of H-pyrrole nitrogens is 1. The zero-order chi connectivity index (χ0) is 11.4. The molecule has 1 fully saturated rings. The van der Waals surface area contributed by atoms with Crippen LogP contribution in [0, 0.1) is 6.92 Å². The van der Waals surface area contributed by atoms with Gasteiger partial charge in [0.2, 0.25) is 5.91 Å². The lowest BCUT2D eigenvalue weighted by Gasteiger charge is -2.22. The Morgan fingerprint density at radius 3 is 3.25 bits per heavy atom. The van der Waals surface area contributed by atoms with Gasteiger partial charge in [-0.2, -0.15) is 16.9 Å². The van der Waals surface area contributed by atoms with Crippen molar-refractivity contribution in [3.8, 4) is 0 Å². The van der Waals surface area contributed by atoms with Crippen molar-refractivity contribution < 1.29 is 4.79 Å². The Balaban J connectivity index is 1.81. The van der Waals surface area contributed by atoms with Crippen molar-refractivity contribution in [2.24, 2.45) is 0 Å². The first-order chi connectivity index (χ1) is 7.77. The molecule has 1 amide bonds. The fourth-order valence-electron chi connectivity index (χ4n) is 1.59. The van der Waals surface area contributed by atoms with Gasteiger partial charge in [-0.25, -0.2) is 0 Å². The maximum absolute atomic E-state index is 11.8. The van der Waals surface area contributed by atoms with Crippen LogP contribution < -0.4 is 10.6 Å². The zero-order valence-corrected chi connectivity index (χ0v) is 10.1. The van der Waals surface area contributed by atoms with Crippen molar-refractivity contribution in [3.63, 3.8) is 0 Å². The van der Waals surface area contributed by atoms with E-state index in [1.807, 2.05) is 18.7 Å². The van der Waals surface area contributed by atoms with Crippen LogP contribution in [-0.4, -0.2) is 40.2 Å². The first-order valence-electron chi connectivity index (χ1n) is 5.35. The van der Waals surface area contributed by atoms with Crippen LogP contribution >= 0.6 is 11.8 Å². The molecule has 5 nitrogen and oxygen atoms in total. The number of aryl methyl sites for hydroxylation is 1. The standard InChI is InChI=1S/C10H16N4OS/c1-7-8(5-13-14-7)4-12-10(15)9-6-16-3-2-11-9/h5,9,11H,2-4,6H2,1H3,(H,12,15)(H,13,14). The third-order valence-electron chi connectivity index (χ3n) is 2.63. The zero-order valence-electron chi connectivity index (χ0n) is 9.25. The Labute approximate surface area is 98.8 Å². The van der Waals surface area contributed by atoms with E-state index in [0.717, 1.165) is 29.3 Å². The fourth-order valence-corrected chi connectivity index (χ4v) is 2.53. The van der Waals surface area contributed by atoms with E-state index in [2.05, 4.69) is 20.8 Å². The highest BCUT2D eigenvalue weighted by Gasteiger charge is 2.20. The van der Waals surface area contributed by atoms with E-state index in [1.165, 1.54) is 0 Å². The molecule has 2 heterocycles. The van der Waals surface area contributed by atoms with Gasteiger partial charge in [-0.3, -0.25) is 9.89 Å². The molecule has 0 aliphatic carbocycles. The van der Waals surface area contributed by atoms with Crippen LogP contribution in [0.2, 0.25) is 0 Å². The first-order valence-corrected chi connectivity index (χ1v) is 6.50. The molecule has 1 atom stereocenters. The second kappa shape index (κ2) is 5.36. The van der Waals surface area contributed by atoms with Gasteiger partial charge in [-0.15, -0.1) is 0 Å². The molecule has 1 aromatic rings. The maximum atomic E-state index is 11.8. The molecule has 3 N–H and O–H groups in total. The first kappa shape index (κ1) is 11.5. The van der Waals surface area contributed by atoms with Crippen LogP contribution in [0.15, 0.2) is 6.20 Å². The number of amides is 1. The Morgan fingerprint density at radius 1 is 1.75 bits per heavy atom. The molecular formula is C10H16N4OS. The lowest BCUT2D eigenvalue weighted by Crippen LogP contribution is -2.48. The molecule has 0 bridgehead atoms. The monoisotopic (exact) mass is 240 g/mol. The van der Waals surface area contributed by atoms with E-state index in [9.17, 15) is 4.79 Å². The summed E-state index contributed by atoms with van der Waals surface area (Å²) in [5, 5.41) is 12.9. The largest absolute Gasteiger partial charge is 0.351 e. The highest BCUT2D eigenvalue weighted by molar-refractivity contribution is 7.99. The number of hydrogen-bond donors (Lipinski definition) is 3. The smallest absolute Gasteiger partial charge is 0.238 e. The van der Waals surface area contributed by atoms with E-state index in [1.54, 1.807) is 6.20 Å². The summed E-state index contributed by atoms with van der Waals surface area (Å²) in [7, 11) is 0. The number of carbonyl (C=O) groups excluding carboxylic acids is 1. The average Bonchev–Trinajstić information content (AvgIpc) is 2.73. The summed E-state index contributed by atoms with van der Waals surface area (Å²) in [4.78, 5) is 11.8. The summed E-state index contributed by atoms with van der Waals surface area (Å²) in [6.07, 6.45) is 1.75. The van der Waals surface area contributed by atoms with Gasteiger partial charge in [-0.05, 0) is 6.92 Å². The normalized spacial score (nSPS) is 20.7. The number of carbonyl (C=O) groups is 1. The van der Waals surface area contributed by atoms with Gasteiger partial charge in [0.15, 0.2) is 0 Å². The number of hydrogen-bond acceptors (Lipinski definition) is 4. The average molecular weight is 240 g/mol. The molecule has 1 aliphatic heterocycles. The Morgan fingerprint density at radius 2 is 2.62 bits per heavy atom. The van der Waals surface area contributed by atoms with Crippen LogP contribution in [0.5, 0.6) is 0 Å². The van der Waals surface area contributed by atoms with E-state index in [0.29, 0.717) is 6.54 Å². The molecule has 0 radical (unpaired) electrons. The minimum absolute atomic E-state index is 0.0500. The SMILES string of the molecule is Cc1[nH]ncc1CNC(=O)C1CSCCN1. The molecule has 16 heavy (non-hydrogen) atoms. The van der Waals surface area contributed by atoms with Crippen molar-refractivity contribution in [1.29, 1.82) is 0 Å². The minimum Gasteiger partial charge on any atom is -0.351 e. The Bertz CT molecular complexity index is 359. The van der Waals surface area contributed by atoms with Crippen molar-refractivity contribution in [3.05, 3.63) is 17.5 Å². The molecular weight excluding hydrogens is 224 g/mol. The quantitative estimate of drug-likeness (QED) is 0.697. The molecule has 0 spiro atoms. The van der Waals surface area contributed by atoms with Crippen LogP contribution in [-0.2, 0) is 11.3 Å². The molecule has 1 saturated heterocycles. The van der Waals surface area contributed by atoms with Crippen molar-refractivity contribution in [1.82, 2.24) is 20.8 Å².